The number of aliphatic imine (C=N–C) groups is 1. The molecule has 1 aromatic heterocycles. The van der Waals surface area contributed by atoms with Crippen LogP contribution in [0.5, 0.6) is 11.8 Å². The summed E-state index contributed by atoms with van der Waals surface area (Å²) in [6.07, 6.45) is 5.44. The Hall–Kier alpha value is -3.43. The predicted molar refractivity (Wildman–Crippen MR) is 146 cm³/mol. The largest absolute Gasteiger partial charge is 0.425 e. The highest BCUT2D eigenvalue weighted by atomic mass is 28.3. The van der Waals surface area contributed by atoms with Gasteiger partial charge in [0, 0.05) is 33.1 Å². The SMILES string of the molecule is CCN1C(=O)N(c2ccc(Oc3nc4ccccc4n3COCC[Si](C)(C)C)cc2)C2N=CC=CC21. The fraction of sp³-hybridized carbons (Fsp3) is 0.370. The van der Waals surface area contributed by atoms with E-state index in [4.69, 9.17) is 14.5 Å². The molecule has 2 atom stereocenters. The van der Waals surface area contributed by atoms with Crippen molar-refractivity contribution in [2.45, 2.75) is 51.5 Å². The van der Waals surface area contributed by atoms with Crippen LogP contribution in [0.25, 0.3) is 11.0 Å². The summed E-state index contributed by atoms with van der Waals surface area (Å²) in [7, 11) is -1.17. The van der Waals surface area contributed by atoms with Crippen LogP contribution in [0.2, 0.25) is 25.7 Å². The van der Waals surface area contributed by atoms with Crippen LogP contribution < -0.4 is 9.64 Å². The average Bonchev–Trinajstić information content (AvgIpc) is 3.35. The van der Waals surface area contributed by atoms with Gasteiger partial charge in [0.1, 0.15) is 12.5 Å². The van der Waals surface area contributed by atoms with Gasteiger partial charge >= 0.3 is 12.0 Å². The lowest BCUT2D eigenvalue weighted by atomic mass is 10.1. The van der Waals surface area contributed by atoms with Gasteiger partial charge < -0.3 is 14.4 Å². The minimum Gasteiger partial charge on any atom is -0.425 e. The number of aromatic nitrogens is 2. The molecule has 2 unspecified atom stereocenters. The zero-order valence-corrected chi connectivity index (χ0v) is 22.3. The van der Waals surface area contributed by atoms with Crippen LogP contribution in [-0.4, -0.2) is 60.1 Å². The lowest BCUT2D eigenvalue weighted by Gasteiger charge is -2.23. The van der Waals surface area contributed by atoms with Gasteiger partial charge in [0.05, 0.1) is 17.1 Å². The summed E-state index contributed by atoms with van der Waals surface area (Å²) in [5.41, 5.74) is 2.61. The summed E-state index contributed by atoms with van der Waals surface area (Å²) < 4.78 is 14.2. The zero-order valence-electron chi connectivity index (χ0n) is 21.3. The number of amides is 2. The molecule has 2 aliphatic heterocycles. The van der Waals surface area contributed by atoms with E-state index in [-0.39, 0.29) is 18.2 Å². The van der Waals surface area contributed by atoms with Gasteiger partial charge in [-0.25, -0.2) is 4.79 Å². The highest BCUT2D eigenvalue weighted by Crippen LogP contribution is 2.34. The van der Waals surface area contributed by atoms with E-state index in [1.807, 2.05) is 77.1 Å². The molecule has 5 rings (SSSR count). The number of ether oxygens (including phenoxy) is 2. The number of carbonyl (C=O) groups excluding carboxylic acids is 1. The monoisotopic (exact) mass is 503 g/mol. The van der Waals surface area contributed by atoms with Crippen molar-refractivity contribution in [1.82, 2.24) is 14.5 Å². The fourth-order valence-corrected chi connectivity index (χ4v) is 5.29. The molecule has 3 aromatic rings. The Morgan fingerprint density at radius 1 is 1.06 bits per heavy atom. The average molecular weight is 504 g/mol. The maximum atomic E-state index is 13.1. The van der Waals surface area contributed by atoms with Gasteiger partial charge in [0.2, 0.25) is 0 Å². The van der Waals surface area contributed by atoms with E-state index in [0.29, 0.717) is 25.0 Å². The molecule has 2 aromatic carbocycles. The van der Waals surface area contributed by atoms with Gasteiger partial charge in [-0.05, 0) is 55.4 Å². The van der Waals surface area contributed by atoms with E-state index in [9.17, 15) is 4.79 Å². The molecule has 0 bridgehead atoms. The second-order valence-corrected chi connectivity index (χ2v) is 15.9. The Morgan fingerprint density at radius 2 is 1.83 bits per heavy atom. The van der Waals surface area contributed by atoms with Gasteiger partial charge in [-0.1, -0.05) is 37.8 Å². The molecule has 0 saturated carbocycles. The minimum atomic E-state index is -1.17. The first-order valence-electron chi connectivity index (χ1n) is 12.5. The first-order valence-corrected chi connectivity index (χ1v) is 16.2. The summed E-state index contributed by atoms with van der Waals surface area (Å²) in [5.74, 6) is 0.639. The number of rotatable bonds is 9. The third kappa shape index (κ3) is 4.81. The van der Waals surface area contributed by atoms with Gasteiger partial charge in [-0.15, -0.1) is 0 Å². The molecular formula is C27H33N5O3Si. The van der Waals surface area contributed by atoms with Crippen LogP contribution in [0.1, 0.15) is 6.92 Å². The Kier molecular flexibility index (Phi) is 6.68. The molecule has 0 spiro atoms. The van der Waals surface area contributed by atoms with Gasteiger partial charge in [-0.3, -0.25) is 14.5 Å². The minimum absolute atomic E-state index is 0.0397. The Balaban J connectivity index is 1.35. The molecule has 0 radical (unpaired) electrons. The van der Waals surface area contributed by atoms with Crippen molar-refractivity contribution in [3.05, 3.63) is 60.7 Å². The van der Waals surface area contributed by atoms with Crippen molar-refractivity contribution < 1.29 is 14.3 Å². The number of hydrogen-bond donors (Lipinski definition) is 0. The molecule has 9 heteroatoms. The second-order valence-electron chi connectivity index (χ2n) is 10.3. The number of carbonyl (C=O) groups is 1. The van der Waals surface area contributed by atoms with E-state index in [1.54, 1.807) is 11.1 Å². The molecule has 3 heterocycles. The predicted octanol–water partition coefficient (Wildman–Crippen LogP) is 5.74. The quantitative estimate of drug-likeness (QED) is 0.276. The summed E-state index contributed by atoms with van der Waals surface area (Å²) in [6.45, 7) is 10.7. The normalized spacial score (nSPS) is 19.4. The van der Waals surface area contributed by atoms with Crippen molar-refractivity contribution in [3.8, 4) is 11.8 Å². The lowest BCUT2D eigenvalue weighted by molar-refractivity contribution is 0.0850. The van der Waals surface area contributed by atoms with Gasteiger partial charge in [-0.2, -0.15) is 4.98 Å². The molecule has 1 saturated heterocycles. The summed E-state index contributed by atoms with van der Waals surface area (Å²) in [6, 6.07) is 17.0. The van der Waals surface area contributed by atoms with Crippen molar-refractivity contribution >= 4 is 37.0 Å². The molecule has 1 fully saturated rings. The molecular weight excluding hydrogens is 470 g/mol. The van der Waals surface area contributed by atoms with Crippen LogP contribution in [-0.2, 0) is 11.5 Å². The van der Waals surface area contributed by atoms with Crippen LogP contribution in [0, 0.1) is 0 Å². The van der Waals surface area contributed by atoms with Gasteiger partial charge in [0.25, 0.3) is 0 Å². The maximum Gasteiger partial charge on any atom is 0.326 e. The number of para-hydroxylation sites is 2. The Bertz CT molecular complexity index is 1290. The Morgan fingerprint density at radius 3 is 2.58 bits per heavy atom. The summed E-state index contributed by atoms with van der Waals surface area (Å²) in [4.78, 5) is 26.0. The number of hydrogen-bond acceptors (Lipinski definition) is 5. The van der Waals surface area contributed by atoms with Crippen LogP contribution in [0.3, 0.4) is 0 Å². The number of urea groups is 1. The number of anilines is 1. The first kappa shape index (κ1) is 24.3. The third-order valence-corrected chi connectivity index (χ3v) is 8.22. The topological polar surface area (TPSA) is 72.2 Å². The first-order chi connectivity index (χ1) is 17.4. The standard InChI is InChI=1S/C27H33N5O3Si/c1-5-30-24-11-8-16-28-25(24)32(27(30)33)20-12-14-21(15-13-20)35-26-29-22-9-6-7-10-23(22)31(26)19-34-17-18-36(2,3)4/h6-16,24-25H,5,17-19H2,1-4H3. The van der Waals surface area contributed by atoms with Crippen molar-refractivity contribution in [1.29, 1.82) is 0 Å². The number of fused-ring (bicyclic) bond motifs is 2. The van der Waals surface area contributed by atoms with Crippen LogP contribution >= 0.6 is 0 Å². The number of imidazole rings is 1. The number of allylic oxidation sites excluding steroid dienone is 1. The molecule has 36 heavy (non-hydrogen) atoms. The number of dihydropyridines is 1. The molecule has 8 nitrogen and oxygen atoms in total. The van der Waals surface area contributed by atoms with E-state index in [1.165, 1.54) is 0 Å². The molecule has 0 aliphatic carbocycles. The van der Waals surface area contributed by atoms with Crippen LogP contribution in [0.15, 0.2) is 65.7 Å². The van der Waals surface area contributed by atoms with Crippen molar-refractivity contribution in [2.24, 2.45) is 4.99 Å². The third-order valence-electron chi connectivity index (χ3n) is 6.52. The Labute approximate surface area is 212 Å². The van der Waals surface area contributed by atoms with E-state index in [2.05, 4.69) is 24.6 Å². The number of benzene rings is 2. The highest BCUT2D eigenvalue weighted by Gasteiger charge is 2.45. The summed E-state index contributed by atoms with van der Waals surface area (Å²) in [5, 5.41) is 0. The smallest absolute Gasteiger partial charge is 0.326 e. The maximum absolute atomic E-state index is 13.1. The summed E-state index contributed by atoms with van der Waals surface area (Å²) >= 11 is 0. The van der Waals surface area contributed by atoms with E-state index >= 15 is 0 Å². The van der Waals surface area contributed by atoms with Crippen molar-refractivity contribution in [2.75, 3.05) is 18.1 Å². The fourth-order valence-electron chi connectivity index (χ4n) is 4.53. The molecule has 2 aliphatic rings. The lowest BCUT2D eigenvalue weighted by Crippen LogP contribution is -2.36. The van der Waals surface area contributed by atoms with Gasteiger partial charge in [0.15, 0.2) is 6.17 Å². The molecule has 2 amide bonds. The molecule has 188 valence electrons. The highest BCUT2D eigenvalue weighted by molar-refractivity contribution is 6.76. The van der Waals surface area contributed by atoms with E-state index in [0.717, 1.165) is 29.4 Å². The molecule has 0 N–H and O–H groups in total. The number of likely N-dealkylation sites (N-methyl/N-ethyl adjacent to an activating group) is 1. The second kappa shape index (κ2) is 9.91. The van der Waals surface area contributed by atoms with Crippen LogP contribution in [0.4, 0.5) is 10.5 Å². The zero-order chi connectivity index (χ0) is 25.3. The van der Waals surface area contributed by atoms with E-state index < -0.39 is 8.07 Å². The van der Waals surface area contributed by atoms with Crippen molar-refractivity contribution in [3.63, 3.8) is 0 Å². The number of nitrogens with zero attached hydrogens (tertiary/aromatic N) is 5.